The average Bonchev–Trinajstić information content (AvgIpc) is 2.99. The Kier molecular flexibility index (Phi) is 6.45. The maximum Gasteiger partial charge on any atom is 0.355 e. The number of esters is 1. The van der Waals surface area contributed by atoms with Crippen LogP contribution < -0.4 is 0 Å². The Labute approximate surface area is 172 Å². The number of likely N-dealkylation sites (N-methyl/N-ethyl adjacent to an activating group) is 1. The number of hydrogen-bond acceptors (Lipinski definition) is 5. The molecule has 1 aliphatic heterocycles. The smallest absolute Gasteiger partial charge is 0.355 e. The SMILES string of the molecule is CCOC(=O)c1[nH]c(C)c(S(=O)(=O)N2CCN(C)C(Cc3ccccc3)C2)c1C. The summed E-state index contributed by atoms with van der Waals surface area (Å²) >= 11 is 0. The molecule has 7 nitrogen and oxygen atoms in total. The highest BCUT2D eigenvalue weighted by Crippen LogP contribution is 2.28. The summed E-state index contributed by atoms with van der Waals surface area (Å²) in [6.07, 6.45) is 0.780. The van der Waals surface area contributed by atoms with E-state index in [9.17, 15) is 13.2 Å². The van der Waals surface area contributed by atoms with E-state index in [2.05, 4.69) is 22.0 Å². The topological polar surface area (TPSA) is 82.7 Å². The van der Waals surface area contributed by atoms with Crippen LogP contribution in [-0.4, -0.2) is 67.9 Å². The normalized spacial score (nSPS) is 18.7. The third-order valence-corrected chi connectivity index (χ3v) is 7.64. The van der Waals surface area contributed by atoms with E-state index in [1.165, 1.54) is 5.56 Å². The number of sulfonamides is 1. The van der Waals surface area contributed by atoms with E-state index < -0.39 is 16.0 Å². The summed E-state index contributed by atoms with van der Waals surface area (Å²) in [6, 6.07) is 10.2. The number of carbonyl (C=O) groups excluding carboxylic acids is 1. The zero-order chi connectivity index (χ0) is 21.2. The van der Waals surface area contributed by atoms with E-state index in [1.54, 1.807) is 25.1 Å². The number of rotatable bonds is 6. The molecular formula is C21H29N3O4S. The van der Waals surface area contributed by atoms with E-state index in [1.807, 2.05) is 25.2 Å². The Balaban J connectivity index is 1.86. The van der Waals surface area contributed by atoms with Crippen LogP contribution in [0.2, 0.25) is 0 Å². The van der Waals surface area contributed by atoms with Crippen molar-refractivity contribution in [3.8, 4) is 0 Å². The van der Waals surface area contributed by atoms with Gasteiger partial charge in [0.2, 0.25) is 10.0 Å². The lowest BCUT2D eigenvalue weighted by molar-refractivity contribution is 0.0519. The Bertz CT molecular complexity index is 969. The van der Waals surface area contributed by atoms with Crippen LogP contribution in [0.3, 0.4) is 0 Å². The Hall–Kier alpha value is -2.16. The summed E-state index contributed by atoms with van der Waals surface area (Å²) in [5.74, 6) is -0.533. The third-order valence-electron chi connectivity index (χ3n) is 5.50. The van der Waals surface area contributed by atoms with Gasteiger partial charge in [0.15, 0.2) is 0 Å². The van der Waals surface area contributed by atoms with E-state index in [-0.39, 0.29) is 23.2 Å². The standard InChI is InChI=1S/C21H29N3O4S/c1-5-28-21(25)19-15(2)20(16(3)22-19)29(26,27)24-12-11-23(4)18(14-24)13-17-9-7-6-8-10-17/h6-10,18,22H,5,11-14H2,1-4H3. The molecule has 1 saturated heterocycles. The van der Waals surface area contributed by atoms with Gasteiger partial charge >= 0.3 is 5.97 Å². The number of aromatic nitrogens is 1. The molecule has 1 aliphatic rings. The van der Waals surface area contributed by atoms with E-state index >= 15 is 0 Å². The second-order valence-electron chi connectivity index (χ2n) is 7.49. The Morgan fingerprint density at radius 3 is 2.55 bits per heavy atom. The highest BCUT2D eigenvalue weighted by Gasteiger charge is 2.36. The number of aromatic amines is 1. The average molecular weight is 420 g/mol. The molecule has 1 fully saturated rings. The number of hydrogen-bond donors (Lipinski definition) is 1. The van der Waals surface area contributed by atoms with E-state index in [4.69, 9.17) is 4.74 Å². The Morgan fingerprint density at radius 1 is 1.21 bits per heavy atom. The number of piperazine rings is 1. The summed E-state index contributed by atoms with van der Waals surface area (Å²) in [5.41, 5.74) is 2.27. The van der Waals surface area contributed by atoms with Crippen molar-refractivity contribution < 1.29 is 17.9 Å². The molecule has 2 heterocycles. The summed E-state index contributed by atoms with van der Waals surface area (Å²) in [4.78, 5) is 17.5. The minimum Gasteiger partial charge on any atom is -0.461 e. The maximum atomic E-state index is 13.5. The second kappa shape index (κ2) is 8.69. The van der Waals surface area contributed by atoms with Gasteiger partial charge in [0, 0.05) is 36.9 Å². The molecule has 0 saturated carbocycles. The summed E-state index contributed by atoms with van der Waals surface area (Å²) in [6.45, 7) is 6.77. The zero-order valence-electron chi connectivity index (χ0n) is 17.4. The predicted octanol–water partition coefficient (Wildman–Crippen LogP) is 2.36. The molecule has 2 aromatic rings. The molecule has 0 bridgehead atoms. The lowest BCUT2D eigenvalue weighted by Crippen LogP contribution is -2.54. The molecule has 3 rings (SSSR count). The maximum absolute atomic E-state index is 13.5. The first-order chi connectivity index (χ1) is 13.8. The minimum absolute atomic E-state index is 0.0880. The molecule has 1 aromatic carbocycles. The van der Waals surface area contributed by atoms with Crippen molar-refractivity contribution >= 4 is 16.0 Å². The van der Waals surface area contributed by atoms with Gasteiger partial charge < -0.3 is 14.6 Å². The first kappa shape index (κ1) is 21.5. The summed E-state index contributed by atoms with van der Waals surface area (Å²) in [7, 11) is -1.70. The zero-order valence-corrected chi connectivity index (χ0v) is 18.3. The van der Waals surface area contributed by atoms with Crippen LogP contribution in [-0.2, 0) is 21.2 Å². The second-order valence-corrected chi connectivity index (χ2v) is 9.36. The molecule has 1 atom stereocenters. The molecule has 29 heavy (non-hydrogen) atoms. The van der Waals surface area contributed by atoms with Gasteiger partial charge in [-0.2, -0.15) is 4.31 Å². The highest BCUT2D eigenvalue weighted by atomic mass is 32.2. The number of aryl methyl sites for hydroxylation is 1. The number of benzene rings is 1. The first-order valence-corrected chi connectivity index (χ1v) is 11.3. The van der Waals surface area contributed by atoms with E-state index in [0.29, 0.717) is 30.9 Å². The molecule has 8 heteroatoms. The van der Waals surface area contributed by atoms with Crippen LogP contribution >= 0.6 is 0 Å². The lowest BCUT2D eigenvalue weighted by atomic mass is 10.0. The van der Waals surface area contributed by atoms with Gasteiger partial charge in [-0.15, -0.1) is 0 Å². The van der Waals surface area contributed by atoms with Gasteiger partial charge in [-0.3, -0.25) is 0 Å². The van der Waals surface area contributed by atoms with Crippen LogP contribution in [0.1, 0.15) is 34.2 Å². The van der Waals surface area contributed by atoms with Crippen molar-refractivity contribution in [1.29, 1.82) is 0 Å². The fraction of sp³-hybridized carbons (Fsp3) is 0.476. The van der Waals surface area contributed by atoms with Crippen molar-refractivity contribution in [2.24, 2.45) is 0 Å². The molecule has 0 radical (unpaired) electrons. The van der Waals surface area contributed by atoms with Gasteiger partial charge in [0.1, 0.15) is 10.6 Å². The highest BCUT2D eigenvalue weighted by molar-refractivity contribution is 7.89. The van der Waals surface area contributed by atoms with Crippen LogP contribution in [0.4, 0.5) is 0 Å². The summed E-state index contributed by atoms with van der Waals surface area (Å²) in [5, 5.41) is 0. The van der Waals surface area contributed by atoms with E-state index in [0.717, 1.165) is 6.42 Å². The minimum atomic E-state index is -3.73. The van der Waals surface area contributed by atoms with Crippen molar-refractivity contribution in [3.63, 3.8) is 0 Å². The van der Waals surface area contributed by atoms with Gasteiger partial charge in [-0.1, -0.05) is 30.3 Å². The number of H-pyrrole nitrogens is 1. The quantitative estimate of drug-likeness (QED) is 0.727. The number of nitrogens with zero attached hydrogens (tertiary/aromatic N) is 2. The van der Waals surface area contributed by atoms with Crippen molar-refractivity contribution in [2.45, 2.75) is 38.1 Å². The summed E-state index contributed by atoms with van der Waals surface area (Å²) < 4.78 is 33.5. The monoisotopic (exact) mass is 419 g/mol. The first-order valence-electron chi connectivity index (χ1n) is 9.86. The molecule has 0 amide bonds. The van der Waals surface area contributed by atoms with Crippen LogP contribution in [0.15, 0.2) is 35.2 Å². The van der Waals surface area contributed by atoms with Crippen molar-refractivity contribution in [3.05, 3.63) is 52.8 Å². The lowest BCUT2D eigenvalue weighted by Gasteiger charge is -2.39. The molecule has 158 valence electrons. The molecular weight excluding hydrogens is 390 g/mol. The fourth-order valence-corrected chi connectivity index (χ4v) is 5.77. The van der Waals surface area contributed by atoms with Crippen molar-refractivity contribution in [2.75, 3.05) is 33.3 Å². The van der Waals surface area contributed by atoms with Crippen LogP contribution in [0.25, 0.3) is 0 Å². The molecule has 1 unspecified atom stereocenters. The predicted molar refractivity (Wildman–Crippen MR) is 112 cm³/mol. The third kappa shape index (κ3) is 4.39. The van der Waals surface area contributed by atoms with Crippen LogP contribution in [0.5, 0.6) is 0 Å². The molecule has 1 aromatic heterocycles. The molecule has 0 aliphatic carbocycles. The van der Waals surface area contributed by atoms with Crippen molar-refractivity contribution in [1.82, 2.24) is 14.2 Å². The Morgan fingerprint density at radius 2 is 1.90 bits per heavy atom. The number of ether oxygens (including phenoxy) is 1. The van der Waals surface area contributed by atoms with Gasteiger partial charge in [0.05, 0.1) is 6.61 Å². The molecule has 1 N–H and O–H groups in total. The number of nitrogens with one attached hydrogen (secondary N) is 1. The van der Waals surface area contributed by atoms with Gasteiger partial charge in [-0.05, 0) is 39.8 Å². The van der Waals surface area contributed by atoms with Gasteiger partial charge in [-0.25, -0.2) is 13.2 Å². The number of carbonyl (C=O) groups is 1. The largest absolute Gasteiger partial charge is 0.461 e. The van der Waals surface area contributed by atoms with Crippen LogP contribution in [0, 0.1) is 13.8 Å². The van der Waals surface area contributed by atoms with Gasteiger partial charge in [0.25, 0.3) is 0 Å². The molecule has 0 spiro atoms. The fourth-order valence-electron chi connectivity index (χ4n) is 3.90.